The van der Waals surface area contributed by atoms with Crippen molar-refractivity contribution in [2.45, 2.75) is 56.0 Å². The number of nitrogens with two attached hydrogens (primary N) is 1. The number of aryl methyl sites for hydroxylation is 2. The Bertz CT molecular complexity index is 1180. The van der Waals surface area contributed by atoms with Crippen molar-refractivity contribution in [3.63, 3.8) is 0 Å². The normalized spacial score (nSPS) is 21.1. The Morgan fingerprint density at radius 1 is 1.29 bits per heavy atom. The Morgan fingerprint density at radius 3 is 2.94 bits per heavy atom. The van der Waals surface area contributed by atoms with Gasteiger partial charge in [0.2, 0.25) is 5.88 Å². The highest BCUT2D eigenvalue weighted by Gasteiger charge is 2.31. The molecule has 2 aliphatic carbocycles. The van der Waals surface area contributed by atoms with E-state index >= 15 is 0 Å². The summed E-state index contributed by atoms with van der Waals surface area (Å²) in [6, 6.07) is 2.01. The van der Waals surface area contributed by atoms with E-state index in [9.17, 15) is 9.00 Å². The molecule has 3 aliphatic rings. The lowest BCUT2D eigenvalue weighted by Crippen LogP contribution is -2.28. The van der Waals surface area contributed by atoms with Crippen LogP contribution in [0, 0.1) is 0 Å². The second-order valence-corrected chi connectivity index (χ2v) is 10.5. The maximum atomic E-state index is 13.1. The van der Waals surface area contributed by atoms with E-state index in [-0.39, 0.29) is 4.90 Å². The maximum Gasteiger partial charge on any atom is 0.354 e. The summed E-state index contributed by atoms with van der Waals surface area (Å²) in [4.78, 5) is 15.3. The zero-order valence-electron chi connectivity index (χ0n) is 17.9. The Labute approximate surface area is 182 Å². The van der Waals surface area contributed by atoms with Gasteiger partial charge in [0.05, 0.1) is 12.8 Å². The first-order valence-electron chi connectivity index (χ1n) is 10.7. The Morgan fingerprint density at radius 2 is 2.13 bits per heavy atom. The van der Waals surface area contributed by atoms with Gasteiger partial charge in [-0.1, -0.05) is 6.07 Å². The number of amides is 2. The molecule has 10 heteroatoms. The van der Waals surface area contributed by atoms with E-state index in [0.717, 1.165) is 49.8 Å². The lowest BCUT2D eigenvalue weighted by molar-refractivity contribution is 0.224. The summed E-state index contributed by atoms with van der Waals surface area (Å²) < 4.78 is 24.2. The first-order valence-corrected chi connectivity index (χ1v) is 12.3. The minimum absolute atomic E-state index is 0.165. The molecule has 0 saturated heterocycles. The number of urea groups is 1. The lowest BCUT2D eigenvalue weighted by atomic mass is 9.99. The number of hydrogen-bond donors (Lipinski definition) is 2. The number of ether oxygens (including phenoxy) is 1. The Kier molecular flexibility index (Phi) is 5.03. The SMILES string of the molecule is CN(C)C1Cc2cc3c(c(NC(=O)N=S(N)(=O)c4cnn5c4OCCC5)c2C1)CCC3. The van der Waals surface area contributed by atoms with Crippen LogP contribution in [0.3, 0.4) is 0 Å². The zero-order chi connectivity index (χ0) is 21.8. The van der Waals surface area contributed by atoms with E-state index < -0.39 is 15.9 Å². The van der Waals surface area contributed by atoms with Gasteiger partial charge >= 0.3 is 6.03 Å². The summed E-state index contributed by atoms with van der Waals surface area (Å²) >= 11 is 0. The molecular formula is C21H28N6O3S. The van der Waals surface area contributed by atoms with Crippen molar-refractivity contribution >= 4 is 21.6 Å². The van der Waals surface area contributed by atoms with E-state index in [2.05, 4.69) is 39.8 Å². The monoisotopic (exact) mass is 444 g/mol. The van der Waals surface area contributed by atoms with Crippen LogP contribution in [0.1, 0.15) is 35.1 Å². The second-order valence-electron chi connectivity index (χ2n) is 8.74. The van der Waals surface area contributed by atoms with Gasteiger partial charge in [-0.2, -0.15) is 5.10 Å². The molecule has 3 N–H and O–H groups in total. The summed E-state index contributed by atoms with van der Waals surface area (Å²) in [6.45, 7) is 1.15. The molecule has 2 heterocycles. The van der Waals surface area contributed by atoms with Crippen LogP contribution in [0.2, 0.25) is 0 Å². The Balaban J connectivity index is 1.48. The predicted molar refractivity (Wildman–Crippen MR) is 118 cm³/mol. The molecule has 0 saturated carbocycles. The van der Waals surface area contributed by atoms with Crippen molar-refractivity contribution < 1.29 is 13.7 Å². The third kappa shape index (κ3) is 3.62. The van der Waals surface area contributed by atoms with E-state index in [4.69, 9.17) is 9.88 Å². The average Bonchev–Trinajstić information content (AvgIpc) is 3.44. The number of rotatable bonds is 3. The number of anilines is 1. The summed E-state index contributed by atoms with van der Waals surface area (Å²) in [5.41, 5.74) is 5.75. The molecule has 1 aromatic heterocycles. The van der Waals surface area contributed by atoms with E-state index in [1.807, 2.05) is 0 Å². The van der Waals surface area contributed by atoms with Gasteiger partial charge < -0.3 is 15.0 Å². The average molecular weight is 445 g/mol. The molecule has 9 nitrogen and oxygen atoms in total. The molecule has 0 fully saturated rings. The van der Waals surface area contributed by atoms with Crippen molar-refractivity contribution in [1.29, 1.82) is 0 Å². The summed E-state index contributed by atoms with van der Waals surface area (Å²) in [6.07, 6.45) is 7.05. The van der Waals surface area contributed by atoms with Crippen molar-refractivity contribution in [2.75, 3.05) is 26.0 Å². The van der Waals surface area contributed by atoms with Crippen LogP contribution in [-0.2, 0) is 42.1 Å². The van der Waals surface area contributed by atoms with Gasteiger partial charge in [-0.15, -0.1) is 4.36 Å². The van der Waals surface area contributed by atoms with Gasteiger partial charge in [0, 0.05) is 24.7 Å². The fourth-order valence-electron chi connectivity index (χ4n) is 4.89. The molecule has 1 aliphatic heterocycles. The van der Waals surface area contributed by atoms with E-state index in [1.165, 1.54) is 22.9 Å². The molecular weight excluding hydrogens is 416 g/mol. The predicted octanol–water partition coefficient (Wildman–Crippen LogP) is 2.12. The first kappa shape index (κ1) is 20.5. The van der Waals surface area contributed by atoms with E-state index in [0.29, 0.717) is 25.1 Å². The summed E-state index contributed by atoms with van der Waals surface area (Å²) in [5.74, 6) is 0.339. The van der Waals surface area contributed by atoms with Crippen LogP contribution in [0.15, 0.2) is 21.5 Å². The largest absolute Gasteiger partial charge is 0.477 e. The van der Waals surface area contributed by atoms with Gasteiger partial charge in [0.1, 0.15) is 4.90 Å². The van der Waals surface area contributed by atoms with Gasteiger partial charge in [-0.3, -0.25) is 0 Å². The van der Waals surface area contributed by atoms with Crippen molar-refractivity contribution in [2.24, 2.45) is 9.50 Å². The molecule has 0 spiro atoms. The van der Waals surface area contributed by atoms with Crippen LogP contribution < -0.4 is 15.2 Å². The minimum atomic E-state index is -3.48. The molecule has 2 atom stereocenters. The number of nitrogens with zero attached hydrogens (tertiary/aromatic N) is 4. The molecule has 0 radical (unpaired) electrons. The first-order chi connectivity index (χ1) is 14.8. The number of likely N-dealkylation sites (N-methyl/N-ethyl adjacent to an activating group) is 1. The molecule has 5 rings (SSSR count). The van der Waals surface area contributed by atoms with Crippen LogP contribution >= 0.6 is 0 Å². The fraction of sp³-hybridized carbons (Fsp3) is 0.524. The van der Waals surface area contributed by atoms with Gasteiger partial charge in [-0.05, 0) is 68.5 Å². The van der Waals surface area contributed by atoms with Gasteiger partial charge in [0.15, 0.2) is 9.92 Å². The maximum absolute atomic E-state index is 13.1. The topological polar surface area (TPSA) is 115 Å². The number of hydrogen-bond acceptors (Lipinski definition) is 5. The van der Waals surface area contributed by atoms with Crippen LogP contribution in [0.4, 0.5) is 10.5 Å². The fourth-order valence-corrected chi connectivity index (χ4v) is 5.90. The second kappa shape index (κ2) is 7.61. The number of carbonyl (C=O) groups is 1. The molecule has 0 bridgehead atoms. The molecule has 2 unspecified atom stereocenters. The minimum Gasteiger partial charge on any atom is -0.477 e. The number of fused-ring (bicyclic) bond motifs is 3. The van der Waals surface area contributed by atoms with Crippen LogP contribution in [-0.4, -0.2) is 51.7 Å². The lowest BCUT2D eigenvalue weighted by Gasteiger charge is -2.18. The quantitative estimate of drug-likeness (QED) is 0.752. The number of aromatic nitrogens is 2. The highest BCUT2D eigenvalue weighted by Crippen LogP contribution is 2.39. The van der Waals surface area contributed by atoms with Crippen LogP contribution in [0.25, 0.3) is 0 Å². The van der Waals surface area contributed by atoms with E-state index in [1.54, 1.807) is 4.68 Å². The zero-order valence-corrected chi connectivity index (χ0v) is 18.7. The third-order valence-corrected chi connectivity index (χ3v) is 7.85. The smallest absolute Gasteiger partial charge is 0.354 e. The molecule has 1 aromatic carbocycles. The molecule has 166 valence electrons. The molecule has 2 amide bonds. The van der Waals surface area contributed by atoms with Gasteiger partial charge in [-0.25, -0.2) is 18.8 Å². The highest BCUT2D eigenvalue weighted by atomic mass is 32.2. The standard InChI is InChI=1S/C21H28N6O3S/c1-26(2)15-10-14-9-13-5-3-6-16(13)19(17(14)11-15)24-21(28)25-31(22,29)18-12-23-27-7-4-8-30-20(18)27/h9,12,15H,3-8,10-11H2,1-2H3,(H3,22,24,25,28,29). The number of benzene rings is 1. The highest BCUT2D eigenvalue weighted by molar-refractivity contribution is 7.91. The number of nitrogens with one attached hydrogen (secondary N) is 1. The molecule has 31 heavy (non-hydrogen) atoms. The Hall–Kier alpha value is -2.43. The third-order valence-electron chi connectivity index (χ3n) is 6.50. The summed E-state index contributed by atoms with van der Waals surface area (Å²) in [5, 5.41) is 13.1. The van der Waals surface area contributed by atoms with Gasteiger partial charge in [0.25, 0.3) is 0 Å². The van der Waals surface area contributed by atoms with Crippen molar-refractivity contribution in [1.82, 2.24) is 14.7 Å². The molecule has 2 aromatic rings. The van der Waals surface area contributed by atoms with Crippen molar-refractivity contribution in [3.05, 3.63) is 34.5 Å². The number of carbonyl (C=O) groups excluding carboxylic acids is 1. The summed E-state index contributed by atoms with van der Waals surface area (Å²) in [7, 11) is 0.675. The van der Waals surface area contributed by atoms with Crippen LogP contribution in [0.5, 0.6) is 5.88 Å². The van der Waals surface area contributed by atoms with Crippen molar-refractivity contribution in [3.8, 4) is 5.88 Å².